The molecule has 0 saturated carbocycles. The van der Waals surface area contributed by atoms with Crippen LogP contribution in [0.15, 0.2) is 30.3 Å². The lowest BCUT2D eigenvalue weighted by Gasteiger charge is -2.35. The van der Waals surface area contributed by atoms with E-state index in [-0.39, 0.29) is 24.3 Å². The summed E-state index contributed by atoms with van der Waals surface area (Å²) in [6.45, 7) is 7.66. The molecule has 1 aliphatic heterocycles. The van der Waals surface area contributed by atoms with Gasteiger partial charge in [0.15, 0.2) is 0 Å². The molecule has 2 amide bonds. The zero-order valence-electron chi connectivity index (χ0n) is 14.8. The number of piperazine rings is 1. The Morgan fingerprint density at radius 3 is 2.62 bits per heavy atom. The summed E-state index contributed by atoms with van der Waals surface area (Å²) in [6.07, 6.45) is 2.27. The van der Waals surface area contributed by atoms with Gasteiger partial charge in [0.05, 0.1) is 12.5 Å². The molecule has 24 heavy (non-hydrogen) atoms. The van der Waals surface area contributed by atoms with Gasteiger partial charge in [0, 0.05) is 26.2 Å². The lowest BCUT2D eigenvalue weighted by atomic mass is 10.1. The molecule has 1 fully saturated rings. The van der Waals surface area contributed by atoms with E-state index in [4.69, 9.17) is 0 Å². The zero-order chi connectivity index (χ0) is 17.4. The first-order valence-corrected chi connectivity index (χ1v) is 8.99. The third kappa shape index (κ3) is 5.06. The Morgan fingerprint density at radius 2 is 1.96 bits per heavy atom. The zero-order valence-corrected chi connectivity index (χ0v) is 14.8. The summed E-state index contributed by atoms with van der Waals surface area (Å²) in [7, 11) is 0. The molecule has 1 N–H and O–H groups in total. The minimum atomic E-state index is -0.331. The van der Waals surface area contributed by atoms with Crippen LogP contribution >= 0.6 is 0 Å². The number of carbonyl (C=O) groups is 2. The molecule has 1 heterocycles. The molecule has 5 nitrogen and oxygen atoms in total. The molecule has 132 valence electrons. The van der Waals surface area contributed by atoms with Crippen molar-refractivity contribution in [2.24, 2.45) is 0 Å². The van der Waals surface area contributed by atoms with Crippen molar-refractivity contribution < 1.29 is 9.59 Å². The molecule has 0 unspecified atom stereocenters. The van der Waals surface area contributed by atoms with E-state index in [0.29, 0.717) is 19.6 Å². The molecule has 5 heteroatoms. The first-order chi connectivity index (χ1) is 11.7. The number of aryl methyl sites for hydroxylation is 1. The first kappa shape index (κ1) is 18.5. The Morgan fingerprint density at radius 1 is 1.25 bits per heavy atom. The third-order valence-corrected chi connectivity index (χ3v) is 4.68. The highest BCUT2D eigenvalue weighted by atomic mass is 16.2. The van der Waals surface area contributed by atoms with Crippen LogP contribution in [-0.2, 0) is 16.0 Å². The van der Waals surface area contributed by atoms with Crippen LogP contribution in [0.1, 0.15) is 32.3 Å². The summed E-state index contributed by atoms with van der Waals surface area (Å²) in [5, 5.41) is 2.90. The smallest absolute Gasteiger partial charge is 0.237 e. The Hall–Kier alpha value is -1.88. The van der Waals surface area contributed by atoms with E-state index in [1.54, 1.807) is 4.90 Å². The van der Waals surface area contributed by atoms with Gasteiger partial charge in [-0.05, 0) is 38.8 Å². The van der Waals surface area contributed by atoms with Gasteiger partial charge in [0.1, 0.15) is 0 Å². The molecule has 2 rings (SSSR count). The lowest BCUT2D eigenvalue weighted by molar-refractivity contribution is -0.138. The van der Waals surface area contributed by atoms with E-state index in [1.165, 1.54) is 5.56 Å². The summed E-state index contributed by atoms with van der Waals surface area (Å²) >= 11 is 0. The molecule has 1 aliphatic rings. The maximum atomic E-state index is 12.4. The topological polar surface area (TPSA) is 52.7 Å². The van der Waals surface area contributed by atoms with Crippen LogP contribution in [0, 0.1) is 0 Å². The fourth-order valence-electron chi connectivity index (χ4n) is 3.25. The number of nitrogens with zero attached hydrogens (tertiary/aromatic N) is 2. The molecule has 0 spiro atoms. The van der Waals surface area contributed by atoms with Gasteiger partial charge in [-0.25, -0.2) is 0 Å². The summed E-state index contributed by atoms with van der Waals surface area (Å²) in [5.41, 5.74) is 1.31. The molecule has 1 aromatic carbocycles. The first-order valence-electron chi connectivity index (χ1n) is 8.99. The van der Waals surface area contributed by atoms with E-state index in [9.17, 15) is 9.59 Å². The van der Waals surface area contributed by atoms with Gasteiger partial charge in [0.2, 0.25) is 11.8 Å². The van der Waals surface area contributed by atoms with Crippen LogP contribution in [0.5, 0.6) is 0 Å². The normalized spacial score (nSPS) is 18.2. The van der Waals surface area contributed by atoms with Crippen LogP contribution in [0.2, 0.25) is 0 Å². The number of carbonyl (C=O) groups excluding carboxylic acids is 2. The SMILES string of the molecule is CCN(CC)C(=O)C[C@H]1C(=O)NCCN1CCCc1ccccc1. The second-order valence-electron chi connectivity index (χ2n) is 6.20. The lowest BCUT2D eigenvalue weighted by Crippen LogP contribution is -2.56. The van der Waals surface area contributed by atoms with Gasteiger partial charge in [-0.2, -0.15) is 0 Å². The quantitative estimate of drug-likeness (QED) is 0.788. The van der Waals surface area contributed by atoms with E-state index < -0.39 is 0 Å². The van der Waals surface area contributed by atoms with Crippen LogP contribution in [-0.4, -0.2) is 60.4 Å². The number of amides is 2. The largest absolute Gasteiger partial charge is 0.353 e. The van der Waals surface area contributed by atoms with Gasteiger partial charge < -0.3 is 10.2 Å². The number of benzene rings is 1. The van der Waals surface area contributed by atoms with Crippen molar-refractivity contribution in [3.05, 3.63) is 35.9 Å². The highest BCUT2D eigenvalue weighted by Crippen LogP contribution is 2.13. The molecule has 1 aromatic rings. The monoisotopic (exact) mass is 331 g/mol. The fraction of sp³-hybridized carbons (Fsp3) is 0.579. The van der Waals surface area contributed by atoms with Gasteiger partial charge >= 0.3 is 0 Å². The molecule has 1 atom stereocenters. The molecule has 0 aromatic heterocycles. The molecule has 0 radical (unpaired) electrons. The van der Waals surface area contributed by atoms with Crippen molar-refractivity contribution >= 4 is 11.8 Å². The van der Waals surface area contributed by atoms with Crippen LogP contribution in [0.3, 0.4) is 0 Å². The molecule has 1 saturated heterocycles. The van der Waals surface area contributed by atoms with Crippen LogP contribution < -0.4 is 5.32 Å². The Bertz CT molecular complexity index is 529. The van der Waals surface area contributed by atoms with Crippen molar-refractivity contribution in [3.63, 3.8) is 0 Å². The van der Waals surface area contributed by atoms with Crippen molar-refractivity contribution in [3.8, 4) is 0 Å². The minimum Gasteiger partial charge on any atom is -0.353 e. The number of nitrogens with one attached hydrogen (secondary N) is 1. The van der Waals surface area contributed by atoms with Crippen molar-refractivity contribution in [2.45, 2.75) is 39.2 Å². The minimum absolute atomic E-state index is 0.0125. The highest BCUT2D eigenvalue weighted by Gasteiger charge is 2.32. The van der Waals surface area contributed by atoms with Gasteiger partial charge in [0.25, 0.3) is 0 Å². The Balaban J connectivity index is 1.90. The average molecular weight is 331 g/mol. The summed E-state index contributed by atoms with van der Waals surface area (Å²) in [4.78, 5) is 28.6. The maximum absolute atomic E-state index is 12.4. The van der Waals surface area contributed by atoms with Crippen molar-refractivity contribution in [2.75, 3.05) is 32.7 Å². The van der Waals surface area contributed by atoms with E-state index >= 15 is 0 Å². The molecule has 0 bridgehead atoms. The maximum Gasteiger partial charge on any atom is 0.237 e. The number of hydrogen-bond donors (Lipinski definition) is 1. The molecular weight excluding hydrogens is 302 g/mol. The van der Waals surface area contributed by atoms with Crippen molar-refractivity contribution in [1.29, 1.82) is 0 Å². The standard InChI is InChI=1S/C19H29N3O2/c1-3-21(4-2)18(23)15-17-19(24)20-12-14-22(17)13-8-11-16-9-6-5-7-10-16/h5-7,9-10,17H,3-4,8,11-15H2,1-2H3,(H,20,24)/t17-/m0/s1. The second kappa shape index (κ2) is 9.42. The summed E-state index contributed by atoms with van der Waals surface area (Å²) in [5.74, 6) is 0.0524. The average Bonchev–Trinajstić information content (AvgIpc) is 2.60. The highest BCUT2D eigenvalue weighted by molar-refractivity contribution is 5.88. The third-order valence-electron chi connectivity index (χ3n) is 4.68. The Kier molecular flexibility index (Phi) is 7.25. The summed E-state index contributed by atoms with van der Waals surface area (Å²) in [6, 6.07) is 10.1. The Labute approximate surface area is 145 Å². The summed E-state index contributed by atoms with van der Waals surface area (Å²) < 4.78 is 0. The van der Waals surface area contributed by atoms with Gasteiger partial charge in [-0.1, -0.05) is 30.3 Å². The fourth-order valence-corrected chi connectivity index (χ4v) is 3.25. The van der Waals surface area contributed by atoms with Gasteiger partial charge in [-0.3, -0.25) is 14.5 Å². The van der Waals surface area contributed by atoms with E-state index in [2.05, 4.69) is 34.5 Å². The van der Waals surface area contributed by atoms with E-state index in [1.807, 2.05) is 19.9 Å². The molecule has 0 aliphatic carbocycles. The second-order valence-corrected chi connectivity index (χ2v) is 6.20. The van der Waals surface area contributed by atoms with Crippen LogP contribution in [0.25, 0.3) is 0 Å². The number of hydrogen-bond acceptors (Lipinski definition) is 3. The number of rotatable bonds is 8. The van der Waals surface area contributed by atoms with Crippen LogP contribution in [0.4, 0.5) is 0 Å². The van der Waals surface area contributed by atoms with Gasteiger partial charge in [-0.15, -0.1) is 0 Å². The predicted molar refractivity (Wildman–Crippen MR) is 95.7 cm³/mol. The molecular formula is C19H29N3O2. The van der Waals surface area contributed by atoms with E-state index in [0.717, 1.165) is 25.9 Å². The van der Waals surface area contributed by atoms with Crippen molar-refractivity contribution in [1.82, 2.24) is 15.1 Å². The predicted octanol–water partition coefficient (Wildman–Crippen LogP) is 1.68.